The third kappa shape index (κ3) is 4.07. The van der Waals surface area contributed by atoms with Crippen LogP contribution in [-0.4, -0.2) is 55.4 Å². The van der Waals surface area contributed by atoms with Crippen molar-refractivity contribution in [1.82, 2.24) is 4.31 Å². The first kappa shape index (κ1) is 13.4. The smallest absolute Gasteiger partial charge is 0.318 e. The van der Waals surface area contributed by atoms with E-state index in [0.717, 1.165) is 17.1 Å². The van der Waals surface area contributed by atoms with E-state index in [-0.39, 0.29) is 18.4 Å². The molecule has 7 heteroatoms. The molecule has 1 aliphatic carbocycles. The Morgan fingerprint density at radius 2 is 2.12 bits per heavy atom. The maximum absolute atomic E-state index is 11.8. The van der Waals surface area contributed by atoms with Crippen molar-refractivity contribution >= 4 is 16.0 Å². The normalized spacial score (nSPS) is 16.6. The number of nitrogens with zero attached hydrogens (tertiary/aromatic N) is 1. The molecule has 1 N–H and O–H groups in total. The van der Waals surface area contributed by atoms with Crippen molar-refractivity contribution in [2.75, 3.05) is 25.5 Å². The molecule has 0 bridgehead atoms. The number of aliphatic carboxylic acids is 1. The summed E-state index contributed by atoms with van der Waals surface area (Å²) >= 11 is 0. The van der Waals surface area contributed by atoms with Crippen molar-refractivity contribution < 1.29 is 23.1 Å². The largest absolute Gasteiger partial charge is 0.480 e. The topological polar surface area (TPSA) is 83.9 Å². The summed E-state index contributed by atoms with van der Waals surface area (Å²) in [6.07, 6.45) is 1.50. The van der Waals surface area contributed by atoms with Crippen LogP contribution in [0.1, 0.15) is 19.8 Å². The van der Waals surface area contributed by atoms with Crippen LogP contribution in [0.15, 0.2) is 0 Å². The summed E-state index contributed by atoms with van der Waals surface area (Å²) in [5.74, 6) is -1.27. The van der Waals surface area contributed by atoms with E-state index >= 15 is 0 Å². The Balaban J connectivity index is 2.57. The van der Waals surface area contributed by atoms with Gasteiger partial charge >= 0.3 is 5.97 Å². The lowest BCUT2D eigenvalue weighted by atomic mass is 10.6. The van der Waals surface area contributed by atoms with Crippen molar-refractivity contribution in [3.05, 3.63) is 0 Å². The summed E-state index contributed by atoms with van der Waals surface area (Å²) in [5.41, 5.74) is 0. The van der Waals surface area contributed by atoms with Crippen molar-refractivity contribution in [2.24, 2.45) is 0 Å². The number of carboxylic acid groups (broad SMARTS) is 1. The molecular weight excluding hydrogens is 234 g/mol. The molecule has 0 aromatic rings. The zero-order chi connectivity index (χ0) is 12.2. The van der Waals surface area contributed by atoms with Crippen LogP contribution in [0.4, 0.5) is 0 Å². The SMILES string of the molecule is CCOCCS(=O)(=O)N(CC(=O)O)C1CC1. The molecule has 0 amide bonds. The van der Waals surface area contributed by atoms with Crippen molar-refractivity contribution in [3.63, 3.8) is 0 Å². The minimum absolute atomic E-state index is 0.113. The highest BCUT2D eigenvalue weighted by molar-refractivity contribution is 7.89. The van der Waals surface area contributed by atoms with E-state index in [0.29, 0.717) is 6.61 Å². The molecule has 0 aromatic heterocycles. The molecule has 0 atom stereocenters. The number of carbonyl (C=O) groups is 1. The Labute approximate surface area is 95.2 Å². The van der Waals surface area contributed by atoms with Crippen LogP contribution < -0.4 is 0 Å². The number of hydrogen-bond donors (Lipinski definition) is 1. The van der Waals surface area contributed by atoms with Crippen LogP contribution in [-0.2, 0) is 19.6 Å². The van der Waals surface area contributed by atoms with E-state index in [4.69, 9.17) is 9.84 Å². The molecule has 0 aromatic carbocycles. The minimum Gasteiger partial charge on any atom is -0.480 e. The molecule has 0 heterocycles. The summed E-state index contributed by atoms with van der Waals surface area (Å²) in [6, 6.07) is -0.122. The third-order valence-corrected chi connectivity index (χ3v) is 4.12. The van der Waals surface area contributed by atoms with E-state index in [9.17, 15) is 13.2 Å². The molecular formula is C9H17NO5S. The van der Waals surface area contributed by atoms with Gasteiger partial charge in [0, 0.05) is 12.6 Å². The fourth-order valence-electron chi connectivity index (χ4n) is 1.38. The highest BCUT2D eigenvalue weighted by Gasteiger charge is 2.38. The molecule has 1 aliphatic rings. The van der Waals surface area contributed by atoms with Crippen LogP contribution in [0.2, 0.25) is 0 Å². The van der Waals surface area contributed by atoms with Gasteiger partial charge in [-0.05, 0) is 19.8 Å². The van der Waals surface area contributed by atoms with E-state index in [1.165, 1.54) is 0 Å². The van der Waals surface area contributed by atoms with E-state index in [2.05, 4.69) is 0 Å². The number of rotatable bonds is 8. The highest BCUT2D eigenvalue weighted by atomic mass is 32.2. The first-order valence-corrected chi connectivity index (χ1v) is 6.87. The third-order valence-electron chi connectivity index (χ3n) is 2.29. The van der Waals surface area contributed by atoms with Gasteiger partial charge in [0.15, 0.2) is 0 Å². The lowest BCUT2D eigenvalue weighted by Gasteiger charge is -2.19. The zero-order valence-corrected chi connectivity index (χ0v) is 10.1. The average Bonchev–Trinajstić information content (AvgIpc) is 2.97. The maximum Gasteiger partial charge on any atom is 0.318 e. The molecule has 0 unspecified atom stereocenters. The van der Waals surface area contributed by atoms with Crippen LogP contribution in [0, 0.1) is 0 Å². The molecule has 0 saturated heterocycles. The van der Waals surface area contributed by atoms with Gasteiger partial charge in [0.25, 0.3) is 0 Å². The number of hydrogen-bond acceptors (Lipinski definition) is 4. The van der Waals surface area contributed by atoms with Gasteiger partial charge in [-0.2, -0.15) is 4.31 Å². The van der Waals surface area contributed by atoms with Gasteiger partial charge in [0.2, 0.25) is 10.0 Å². The first-order chi connectivity index (χ1) is 7.47. The molecule has 0 radical (unpaired) electrons. The quantitative estimate of drug-likeness (QED) is 0.609. The molecule has 1 fully saturated rings. The molecule has 16 heavy (non-hydrogen) atoms. The Morgan fingerprint density at radius 1 is 1.50 bits per heavy atom. The van der Waals surface area contributed by atoms with Gasteiger partial charge in [0.05, 0.1) is 12.4 Å². The summed E-state index contributed by atoms with van der Waals surface area (Å²) in [6.45, 7) is 1.90. The van der Waals surface area contributed by atoms with Gasteiger partial charge in [-0.25, -0.2) is 8.42 Å². The molecule has 94 valence electrons. The van der Waals surface area contributed by atoms with Crippen molar-refractivity contribution in [1.29, 1.82) is 0 Å². The fourth-order valence-corrected chi connectivity index (χ4v) is 2.91. The van der Waals surface area contributed by atoms with Gasteiger partial charge in [0.1, 0.15) is 6.54 Å². The Morgan fingerprint density at radius 3 is 2.56 bits per heavy atom. The maximum atomic E-state index is 11.8. The van der Waals surface area contributed by atoms with Crippen LogP contribution in [0.5, 0.6) is 0 Å². The molecule has 0 aliphatic heterocycles. The Bertz CT molecular complexity index is 336. The molecule has 6 nitrogen and oxygen atoms in total. The first-order valence-electron chi connectivity index (χ1n) is 5.26. The summed E-state index contributed by atoms with van der Waals surface area (Å²) in [5, 5.41) is 8.66. The second kappa shape index (κ2) is 5.60. The van der Waals surface area contributed by atoms with Gasteiger partial charge in [-0.15, -0.1) is 0 Å². The second-order valence-corrected chi connectivity index (χ2v) is 5.72. The number of sulfonamides is 1. The van der Waals surface area contributed by atoms with Crippen LogP contribution >= 0.6 is 0 Å². The molecule has 1 saturated carbocycles. The molecule has 1 rings (SSSR count). The Kier molecular flexibility index (Phi) is 4.69. The van der Waals surface area contributed by atoms with E-state index < -0.39 is 22.5 Å². The lowest BCUT2D eigenvalue weighted by Crippen LogP contribution is -2.39. The summed E-state index contributed by atoms with van der Waals surface area (Å²) in [7, 11) is -3.50. The zero-order valence-electron chi connectivity index (χ0n) is 9.26. The predicted octanol–water partition coefficient (Wildman–Crippen LogP) is -0.0983. The van der Waals surface area contributed by atoms with Crippen molar-refractivity contribution in [3.8, 4) is 0 Å². The van der Waals surface area contributed by atoms with Crippen LogP contribution in [0.3, 0.4) is 0 Å². The van der Waals surface area contributed by atoms with Gasteiger partial charge in [-0.1, -0.05) is 0 Å². The second-order valence-electron chi connectivity index (χ2n) is 3.68. The standard InChI is InChI=1S/C9H17NO5S/c1-2-15-5-6-16(13,14)10(7-9(11)12)8-3-4-8/h8H,2-7H2,1H3,(H,11,12). The monoisotopic (exact) mass is 251 g/mol. The van der Waals surface area contributed by atoms with Gasteiger partial charge in [-0.3, -0.25) is 4.79 Å². The number of ether oxygens (including phenoxy) is 1. The fraction of sp³-hybridized carbons (Fsp3) is 0.889. The average molecular weight is 251 g/mol. The summed E-state index contributed by atoms with van der Waals surface area (Å²) < 4.78 is 29.7. The van der Waals surface area contributed by atoms with Crippen molar-refractivity contribution in [2.45, 2.75) is 25.8 Å². The lowest BCUT2D eigenvalue weighted by molar-refractivity contribution is -0.137. The summed E-state index contributed by atoms with van der Waals surface area (Å²) in [4.78, 5) is 10.6. The van der Waals surface area contributed by atoms with Crippen LogP contribution in [0.25, 0.3) is 0 Å². The predicted molar refractivity (Wildman–Crippen MR) is 57.6 cm³/mol. The molecule has 0 spiro atoms. The highest BCUT2D eigenvalue weighted by Crippen LogP contribution is 2.29. The van der Waals surface area contributed by atoms with E-state index in [1.807, 2.05) is 0 Å². The minimum atomic E-state index is -3.50. The number of carboxylic acids is 1. The van der Waals surface area contributed by atoms with Gasteiger partial charge < -0.3 is 9.84 Å². The Hall–Kier alpha value is -0.660. The van der Waals surface area contributed by atoms with E-state index in [1.54, 1.807) is 6.92 Å².